The predicted molar refractivity (Wildman–Crippen MR) is 44.0 cm³/mol. The first-order chi connectivity index (χ1) is 5.24. The van der Waals surface area contributed by atoms with Crippen LogP contribution in [0.3, 0.4) is 0 Å². The second kappa shape index (κ2) is 3.72. The lowest BCUT2D eigenvalue weighted by Crippen LogP contribution is -2.34. The molecule has 1 fully saturated rings. The average molecular weight is 156 g/mol. The molecule has 0 spiro atoms. The molecule has 0 aromatic rings. The van der Waals surface area contributed by atoms with Crippen LogP contribution in [0, 0.1) is 5.92 Å². The van der Waals surface area contributed by atoms with Crippen molar-refractivity contribution in [2.45, 2.75) is 31.7 Å². The molecule has 0 atom stereocenters. The maximum absolute atomic E-state index is 11.1. The third-order valence-corrected chi connectivity index (χ3v) is 2.39. The molecule has 0 aromatic carbocycles. The van der Waals surface area contributed by atoms with Crippen LogP contribution in [-0.2, 0) is 4.79 Å². The van der Waals surface area contributed by atoms with Crippen molar-refractivity contribution in [3.63, 3.8) is 0 Å². The van der Waals surface area contributed by atoms with Gasteiger partial charge in [0, 0.05) is 19.0 Å². The standard InChI is InChI=1S/C8H16N2O/c1-10-8(11)6-2-4-7(9)5-3-6/h6-7H,2-5,9H2,1H3,(H,10,11)/t6-,7+. The Labute approximate surface area is 67.3 Å². The molecule has 64 valence electrons. The number of amides is 1. The van der Waals surface area contributed by atoms with Crippen molar-refractivity contribution < 1.29 is 4.79 Å². The molecule has 3 nitrogen and oxygen atoms in total. The molecule has 11 heavy (non-hydrogen) atoms. The van der Waals surface area contributed by atoms with Gasteiger partial charge in [-0.05, 0) is 25.7 Å². The van der Waals surface area contributed by atoms with E-state index in [0.29, 0.717) is 6.04 Å². The molecule has 1 amide bonds. The second-order valence-corrected chi connectivity index (χ2v) is 3.23. The molecule has 3 N–H and O–H groups in total. The number of hydrogen-bond donors (Lipinski definition) is 2. The van der Waals surface area contributed by atoms with E-state index in [0.717, 1.165) is 25.7 Å². The van der Waals surface area contributed by atoms with Crippen LogP contribution >= 0.6 is 0 Å². The van der Waals surface area contributed by atoms with Gasteiger partial charge in [0.15, 0.2) is 0 Å². The van der Waals surface area contributed by atoms with Gasteiger partial charge in [0.1, 0.15) is 0 Å². The summed E-state index contributed by atoms with van der Waals surface area (Å²) in [5, 5.41) is 2.67. The Morgan fingerprint density at radius 3 is 2.36 bits per heavy atom. The molecule has 1 saturated carbocycles. The van der Waals surface area contributed by atoms with E-state index in [1.807, 2.05) is 0 Å². The Morgan fingerprint density at radius 1 is 1.36 bits per heavy atom. The summed E-state index contributed by atoms with van der Waals surface area (Å²) in [6.07, 6.45) is 3.91. The molecular formula is C8H16N2O. The first-order valence-corrected chi connectivity index (χ1v) is 4.21. The van der Waals surface area contributed by atoms with E-state index < -0.39 is 0 Å². The van der Waals surface area contributed by atoms with Gasteiger partial charge in [-0.15, -0.1) is 0 Å². The highest BCUT2D eigenvalue weighted by Gasteiger charge is 2.23. The van der Waals surface area contributed by atoms with Crippen molar-refractivity contribution in [2.75, 3.05) is 7.05 Å². The average Bonchev–Trinajstić information content (AvgIpc) is 2.05. The minimum Gasteiger partial charge on any atom is -0.359 e. The van der Waals surface area contributed by atoms with Crippen LogP contribution in [0.2, 0.25) is 0 Å². The van der Waals surface area contributed by atoms with Crippen molar-refractivity contribution in [1.29, 1.82) is 0 Å². The maximum atomic E-state index is 11.1. The van der Waals surface area contributed by atoms with E-state index >= 15 is 0 Å². The lowest BCUT2D eigenvalue weighted by molar-refractivity contribution is -0.125. The minimum absolute atomic E-state index is 0.178. The summed E-state index contributed by atoms with van der Waals surface area (Å²) in [4.78, 5) is 11.1. The predicted octanol–water partition coefficient (Wildman–Crippen LogP) is 0.250. The van der Waals surface area contributed by atoms with Crippen LogP contribution in [-0.4, -0.2) is 19.0 Å². The summed E-state index contributed by atoms with van der Waals surface area (Å²) in [6, 6.07) is 0.330. The van der Waals surface area contributed by atoms with Gasteiger partial charge in [-0.3, -0.25) is 4.79 Å². The topological polar surface area (TPSA) is 55.1 Å². The van der Waals surface area contributed by atoms with Crippen LogP contribution in [0.15, 0.2) is 0 Å². The zero-order valence-electron chi connectivity index (χ0n) is 6.97. The van der Waals surface area contributed by atoms with Crippen LogP contribution in [0.4, 0.5) is 0 Å². The first kappa shape index (κ1) is 8.53. The minimum atomic E-state index is 0.178. The van der Waals surface area contributed by atoms with Gasteiger partial charge in [-0.2, -0.15) is 0 Å². The molecule has 0 saturated heterocycles. The first-order valence-electron chi connectivity index (χ1n) is 4.21. The summed E-state index contributed by atoms with van der Waals surface area (Å²) < 4.78 is 0. The Bertz CT molecular complexity index is 139. The van der Waals surface area contributed by atoms with Gasteiger partial charge in [-0.25, -0.2) is 0 Å². The van der Waals surface area contributed by atoms with E-state index in [2.05, 4.69) is 5.32 Å². The molecule has 0 bridgehead atoms. The molecular weight excluding hydrogens is 140 g/mol. The third kappa shape index (κ3) is 2.19. The van der Waals surface area contributed by atoms with Crippen molar-refractivity contribution in [3.8, 4) is 0 Å². The van der Waals surface area contributed by atoms with Gasteiger partial charge in [0.05, 0.1) is 0 Å². The van der Waals surface area contributed by atoms with Crippen molar-refractivity contribution in [1.82, 2.24) is 5.32 Å². The fourth-order valence-electron chi connectivity index (χ4n) is 1.59. The lowest BCUT2D eigenvalue weighted by atomic mass is 9.86. The highest BCUT2D eigenvalue weighted by Crippen LogP contribution is 2.22. The number of carbonyl (C=O) groups excluding carboxylic acids is 1. The van der Waals surface area contributed by atoms with Gasteiger partial charge < -0.3 is 11.1 Å². The van der Waals surface area contributed by atoms with E-state index in [4.69, 9.17) is 5.73 Å². The lowest BCUT2D eigenvalue weighted by Gasteiger charge is -2.24. The summed E-state index contributed by atoms with van der Waals surface area (Å²) in [6.45, 7) is 0. The Morgan fingerprint density at radius 2 is 1.91 bits per heavy atom. The highest BCUT2D eigenvalue weighted by molar-refractivity contribution is 5.78. The number of nitrogens with one attached hydrogen (secondary N) is 1. The Kier molecular flexibility index (Phi) is 2.88. The molecule has 3 heteroatoms. The number of rotatable bonds is 1. The highest BCUT2D eigenvalue weighted by atomic mass is 16.1. The summed E-state index contributed by atoms with van der Waals surface area (Å²) in [5.74, 6) is 0.400. The quantitative estimate of drug-likeness (QED) is 0.571. The zero-order valence-corrected chi connectivity index (χ0v) is 6.97. The van der Waals surface area contributed by atoms with Gasteiger partial charge >= 0.3 is 0 Å². The smallest absolute Gasteiger partial charge is 0.222 e. The Hall–Kier alpha value is -0.570. The fourth-order valence-corrected chi connectivity index (χ4v) is 1.59. The molecule has 0 aromatic heterocycles. The molecule has 1 aliphatic rings. The number of hydrogen-bond acceptors (Lipinski definition) is 2. The monoisotopic (exact) mass is 156 g/mol. The molecule has 0 radical (unpaired) electrons. The van der Waals surface area contributed by atoms with Crippen LogP contribution in [0.1, 0.15) is 25.7 Å². The number of carbonyl (C=O) groups is 1. The van der Waals surface area contributed by atoms with Crippen molar-refractivity contribution in [3.05, 3.63) is 0 Å². The molecule has 0 heterocycles. The molecule has 0 unspecified atom stereocenters. The van der Waals surface area contributed by atoms with E-state index in [-0.39, 0.29) is 11.8 Å². The fraction of sp³-hybridized carbons (Fsp3) is 0.875. The molecule has 1 aliphatic carbocycles. The summed E-state index contributed by atoms with van der Waals surface area (Å²) >= 11 is 0. The normalized spacial score (nSPS) is 31.5. The van der Waals surface area contributed by atoms with Crippen LogP contribution in [0.5, 0.6) is 0 Å². The number of nitrogens with two attached hydrogens (primary N) is 1. The van der Waals surface area contributed by atoms with Gasteiger partial charge in [-0.1, -0.05) is 0 Å². The molecule has 0 aliphatic heterocycles. The van der Waals surface area contributed by atoms with Crippen LogP contribution < -0.4 is 11.1 Å². The van der Waals surface area contributed by atoms with E-state index in [9.17, 15) is 4.79 Å². The zero-order chi connectivity index (χ0) is 8.27. The maximum Gasteiger partial charge on any atom is 0.222 e. The largest absolute Gasteiger partial charge is 0.359 e. The SMILES string of the molecule is CNC(=O)[C@H]1CC[C@@H](N)CC1. The van der Waals surface area contributed by atoms with Crippen molar-refractivity contribution in [2.24, 2.45) is 11.7 Å². The second-order valence-electron chi connectivity index (χ2n) is 3.23. The third-order valence-electron chi connectivity index (χ3n) is 2.39. The Balaban J connectivity index is 2.33. The van der Waals surface area contributed by atoms with E-state index in [1.54, 1.807) is 7.05 Å². The van der Waals surface area contributed by atoms with E-state index in [1.165, 1.54) is 0 Å². The summed E-state index contributed by atoms with van der Waals surface area (Å²) in [7, 11) is 1.69. The van der Waals surface area contributed by atoms with Crippen LogP contribution in [0.25, 0.3) is 0 Å². The van der Waals surface area contributed by atoms with Crippen molar-refractivity contribution >= 4 is 5.91 Å². The summed E-state index contributed by atoms with van der Waals surface area (Å²) in [5.41, 5.74) is 5.71. The van der Waals surface area contributed by atoms with Gasteiger partial charge in [0.25, 0.3) is 0 Å². The van der Waals surface area contributed by atoms with Gasteiger partial charge in [0.2, 0.25) is 5.91 Å². The molecule has 1 rings (SSSR count).